The summed E-state index contributed by atoms with van der Waals surface area (Å²) in [5, 5.41) is 0. The minimum atomic E-state index is 0.218. The Morgan fingerprint density at radius 1 is 1.83 bits per heavy atom. The molecule has 0 spiro atoms. The maximum Gasteiger partial charge on any atom is 0.281 e. The standard InChI is InChI=1S/C3H8N2O/c1-5-3(4)6-2/h1-2H3,(H2,4,5). The van der Waals surface area contributed by atoms with Crippen LogP contribution in [0.1, 0.15) is 0 Å². The van der Waals surface area contributed by atoms with Gasteiger partial charge in [-0.1, -0.05) is 0 Å². The van der Waals surface area contributed by atoms with Crippen LogP contribution in [0.2, 0.25) is 0 Å². The van der Waals surface area contributed by atoms with E-state index in [1.165, 1.54) is 7.11 Å². The van der Waals surface area contributed by atoms with Gasteiger partial charge in [-0.3, -0.25) is 0 Å². The largest absolute Gasteiger partial charge is 0.469 e. The molecule has 0 heterocycles. The number of amidine groups is 1. The van der Waals surface area contributed by atoms with Crippen molar-refractivity contribution in [2.24, 2.45) is 10.7 Å². The summed E-state index contributed by atoms with van der Waals surface area (Å²) in [5.41, 5.74) is 5.00. The highest BCUT2D eigenvalue weighted by Crippen LogP contribution is 1.60. The van der Waals surface area contributed by atoms with Gasteiger partial charge < -0.3 is 10.5 Å². The molecule has 0 radical (unpaired) electrons. The molecule has 0 aromatic heterocycles. The zero-order valence-corrected chi connectivity index (χ0v) is 3.93. The van der Waals surface area contributed by atoms with E-state index in [1.54, 1.807) is 7.05 Å². The second-order valence-corrected chi connectivity index (χ2v) is 0.766. The molecule has 0 aromatic rings. The van der Waals surface area contributed by atoms with E-state index >= 15 is 0 Å². The number of nitrogens with zero attached hydrogens (tertiary/aromatic N) is 1. The summed E-state index contributed by atoms with van der Waals surface area (Å²) in [6.07, 6.45) is 0. The second-order valence-electron chi connectivity index (χ2n) is 0.766. The van der Waals surface area contributed by atoms with Gasteiger partial charge in [0.05, 0.1) is 7.11 Å². The van der Waals surface area contributed by atoms with Crippen LogP contribution in [0.5, 0.6) is 0 Å². The fourth-order valence-corrected chi connectivity index (χ4v) is 0.0913. The smallest absolute Gasteiger partial charge is 0.281 e. The van der Waals surface area contributed by atoms with Crippen molar-refractivity contribution in [2.75, 3.05) is 14.2 Å². The Labute approximate surface area is 36.8 Å². The normalized spacial score (nSPS) is 11.3. The zero-order valence-electron chi connectivity index (χ0n) is 3.93. The van der Waals surface area contributed by atoms with E-state index in [2.05, 4.69) is 9.73 Å². The first-order valence-electron chi connectivity index (χ1n) is 1.57. The molecule has 0 aliphatic carbocycles. The number of aliphatic imine (C=N–C) groups is 1. The minimum absolute atomic E-state index is 0.218. The molecule has 0 atom stereocenters. The van der Waals surface area contributed by atoms with E-state index in [9.17, 15) is 0 Å². The molecule has 3 heteroatoms. The van der Waals surface area contributed by atoms with E-state index in [1.807, 2.05) is 0 Å². The predicted octanol–water partition coefficient (Wildman–Crippen LogP) is -0.423. The van der Waals surface area contributed by atoms with Crippen LogP contribution in [0.4, 0.5) is 0 Å². The van der Waals surface area contributed by atoms with Crippen molar-refractivity contribution in [2.45, 2.75) is 0 Å². The van der Waals surface area contributed by atoms with Gasteiger partial charge in [-0.05, 0) is 0 Å². The molecule has 2 N–H and O–H groups in total. The lowest BCUT2D eigenvalue weighted by atomic mass is 11.1. The molecule has 0 aromatic carbocycles. The molecular weight excluding hydrogens is 80.0 g/mol. The summed E-state index contributed by atoms with van der Waals surface area (Å²) in [7, 11) is 3.04. The second kappa shape index (κ2) is 2.50. The van der Waals surface area contributed by atoms with Crippen LogP contribution in [0.25, 0.3) is 0 Å². The van der Waals surface area contributed by atoms with Crippen LogP contribution < -0.4 is 5.73 Å². The van der Waals surface area contributed by atoms with Crippen molar-refractivity contribution in [3.63, 3.8) is 0 Å². The summed E-state index contributed by atoms with van der Waals surface area (Å²) >= 11 is 0. The van der Waals surface area contributed by atoms with Gasteiger partial charge in [0.1, 0.15) is 0 Å². The number of methoxy groups -OCH3 is 1. The Balaban J connectivity index is 3.22. The molecule has 0 rings (SSSR count). The summed E-state index contributed by atoms with van der Waals surface area (Å²) in [6.45, 7) is 0. The van der Waals surface area contributed by atoms with Crippen LogP contribution in [0.15, 0.2) is 4.99 Å². The number of nitrogens with two attached hydrogens (primary N) is 1. The van der Waals surface area contributed by atoms with E-state index in [0.717, 1.165) is 0 Å². The highest BCUT2D eigenvalue weighted by molar-refractivity contribution is 5.70. The summed E-state index contributed by atoms with van der Waals surface area (Å²) < 4.78 is 4.43. The fraction of sp³-hybridized carbons (Fsp3) is 0.667. The average Bonchev–Trinajstić information content (AvgIpc) is 1.65. The van der Waals surface area contributed by atoms with Crippen molar-refractivity contribution in [3.8, 4) is 0 Å². The van der Waals surface area contributed by atoms with Crippen molar-refractivity contribution >= 4 is 6.02 Å². The molecule has 36 valence electrons. The third-order valence-corrected chi connectivity index (χ3v) is 0.430. The topological polar surface area (TPSA) is 47.6 Å². The van der Waals surface area contributed by atoms with E-state index in [0.29, 0.717) is 0 Å². The van der Waals surface area contributed by atoms with Gasteiger partial charge in [0.2, 0.25) is 0 Å². The highest BCUT2D eigenvalue weighted by atomic mass is 16.5. The van der Waals surface area contributed by atoms with Crippen molar-refractivity contribution in [3.05, 3.63) is 0 Å². The van der Waals surface area contributed by atoms with Crippen molar-refractivity contribution < 1.29 is 4.74 Å². The minimum Gasteiger partial charge on any atom is -0.469 e. The number of ether oxygens (including phenoxy) is 1. The molecule has 3 nitrogen and oxygen atoms in total. The maximum atomic E-state index is 5.00. The third kappa shape index (κ3) is 1.58. The Bertz CT molecular complexity index is 59.8. The van der Waals surface area contributed by atoms with E-state index < -0.39 is 0 Å². The summed E-state index contributed by atoms with van der Waals surface area (Å²) in [6, 6.07) is 0.218. The Morgan fingerprint density at radius 3 is 2.33 bits per heavy atom. The van der Waals surface area contributed by atoms with Crippen LogP contribution >= 0.6 is 0 Å². The van der Waals surface area contributed by atoms with Crippen LogP contribution in [-0.4, -0.2) is 20.2 Å². The molecule has 6 heavy (non-hydrogen) atoms. The zero-order chi connectivity index (χ0) is 4.99. The van der Waals surface area contributed by atoms with E-state index in [4.69, 9.17) is 5.73 Å². The number of hydrogen-bond acceptors (Lipinski definition) is 2. The molecule has 0 saturated carbocycles. The molecule has 0 fully saturated rings. The first kappa shape index (κ1) is 5.27. The highest BCUT2D eigenvalue weighted by Gasteiger charge is 1.74. The van der Waals surface area contributed by atoms with Crippen LogP contribution in [0.3, 0.4) is 0 Å². The van der Waals surface area contributed by atoms with Gasteiger partial charge in [0.25, 0.3) is 6.02 Å². The Morgan fingerprint density at radius 2 is 2.33 bits per heavy atom. The van der Waals surface area contributed by atoms with Gasteiger partial charge >= 0.3 is 0 Å². The molecule has 0 aliphatic rings. The number of hydrogen-bond donors (Lipinski definition) is 1. The van der Waals surface area contributed by atoms with E-state index in [-0.39, 0.29) is 6.02 Å². The van der Waals surface area contributed by atoms with Gasteiger partial charge in [-0.25, -0.2) is 4.99 Å². The van der Waals surface area contributed by atoms with Crippen LogP contribution in [0, 0.1) is 0 Å². The maximum absolute atomic E-state index is 5.00. The van der Waals surface area contributed by atoms with Gasteiger partial charge in [-0.2, -0.15) is 0 Å². The van der Waals surface area contributed by atoms with Crippen molar-refractivity contribution in [1.29, 1.82) is 0 Å². The molecule has 0 saturated heterocycles. The monoisotopic (exact) mass is 88.1 g/mol. The lowest BCUT2D eigenvalue weighted by molar-refractivity contribution is 0.396. The Hall–Kier alpha value is -0.730. The molecule has 0 bridgehead atoms. The Kier molecular flexibility index (Phi) is 2.20. The number of rotatable bonds is 0. The van der Waals surface area contributed by atoms with Crippen LogP contribution in [-0.2, 0) is 4.74 Å². The first-order chi connectivity index (χ1) is 2.81. The lowest BCUT2D eigenvalue weighted by Crippen LogP contribution is -2.12. The lowest BCUT2D eigenvalue weighted by Gasteiger charge is -1.89. The molecule has 0 aliphatic heterocycles. The van der Waals surface area contributed by atoms with Gasteiger partial charge in [0.15, 0.2) is 0 Å². The third-order valence-electron chi connectivity index (χ3n) is 0.430. The SMILES string of the molecule is C/N=C(/N)OC. The summed E-state index contributed by atoms with van der Waals surface area (Å²) in [5.74, 6) is 0. The van der Waals surface area contributed by atoms with Gasteiger partial charge in [0, 0.05) is 7.05 Å². The quantitative estimate of drug-likeness (QED) is 0.323. The molecule has 0 unspecified atom stereocenters. The summed E-state index contributed by atoms with van der Waals surface area (Å²) in [4.78, 5) is 3.48. The fourth-order valence-electron chi connectivity index (χ4n) is 0.0913. The average molecular weight is 88.1 g/mol. The molecule has 0 amide bonds. The first-order valence-corrected chi connectivity index (χ1v) is 1.57. The predicted molar refractivity (Wildman–Crippen MR) is 24.6 cm³/mol. The van der Waals surface area contributed by atoms with Crippen molar-refractivity contribution in [1.82, 2.24) is 0 Å². The molecular formula is C3H8N2O. The van der Waals surface area contributed by atoms with Gasteiger partial charge in [-0.15, -0.1) is 0 Å².